The van der Waals surface area contributed by atoms with Gasteiger partial charge in [-0.25, -0.2) is 15.0 Å². The molecule has 0 bridgehead atoms. The van der Waals surface area contributed by atoms with Crippen LogP contribution in [0.4, 0.5) is 5.95 Å². The highest BCUT2D eigenvalue weighted by atomic mass is 16.1. The zero-order chi connectivity index (χ0) is 18.7. The van der Waals surface area contributed by atoms with Gasteiger partial charge in [-0.3, -0.25) is 4.79 Å². The van der Waals surface area contributed by atoms with Crippen molar-refractivity contribution in [2.45, 2.75) is 19.9 Å². The second kappa shape index (κ2) is 7.35. The van der Waals surface area contributed by atoms with Crippen LogP contribution in [0.25, 0.3) is 11.3 Å². The first kappa shape index (κ1) is 17.6. The molecular weight excluding hydrogens is 328 g/mol. The van der Waals surface area contributed by atoms with Gasteiger partial charge >= 0.3 is 0 Å². The number of amides is 1. The summed E-state index contributed by atoms with van der Waals surface area (Å²) in [6.07, 6.45) is 5.20. The van der Waals surface area contributed by atoms with E-state index in [2.05, 4.69) is 34.1 Å². The van der Waals surface area contributed by atoms with Crippen LogP contribution < -0.4 is 11.1 Å². The van der Waals surface area contributed by atoms with E-state index in [1.54, 1.807) is 30.6 Å². The lowest BCUT2D eigenvalue weighted by Crippen LogP contribution is -2.33. The molecule has 0 aliphatic carbocycles. The van der Waals surface area contributed by atoms with Crippen LogP contribution in [0.15, 0.2) is 48.9 Å². The van der Waals surface area contributed by atoms with Gasteiger partial charge in [-0.2, -0.15) is 0 Å². The monoisotopic (exact) mass is 350 g/mol. The van der Waals surface area contributed by atoms with Gasteiger partial charge in [0.2, 0.25) is 5.95 Å². The summed E-state index contributed by atoms with van der Waals surface area (Å²) in [6.45, 7) is 4.11. The summed E-state index contributed by atoms with van der Waals surface area (Å²) >= 11 is 0. The Morgan fingerprint density at radius 3 is 2.65 bits per heavy atom. The number of aryl methyl sites for hydroxylation is 1. The third-order valence-corrected chi connectivity index (χ3v) is 4.18. The SMILES string of the molecule is CC(C)[C@@H](NC(=O)c1cccc(-c2ccnc(N)n2)c1)c1nccn1C. The predicted octanol–water partition coefficient (Wildman–Crippen LogP) is 2.59. The number of hydrogen-bond donors (Lipinski definition) is 2. The Balaban J connectivity index is 1.86. The summed E-state index contributed by atoms with van der Waals surface area (Å²) in [6, 6.07) is 8.87. The molecule has 1 aromatic carbocycles. The number of benzene rings is 1. The van der Waals surface area contributed by atoms with Crippen molar-refractivity contribution in [2.75, 3.05) is 5.73 Å². The molecule has 3 aromatic rings. The number of hydrogen-bond acceptors (Lipinski definition) is 5. The van der Waals surface area contributed by atoms with Crippen LogP contribution in [0, 0.1) is 5.92 Å². The highest BCUT2D eigenvalue weighted by Gasteiger charge is 2.22. The number of imidazole rings is 1. The second-order valence-corrected chi connectivity index (χ2v) is 6.47. The zero-order valence-corrected chi connectivity index (χ0v) is 15.0. The number of aromatic nitrogens is 4. The minimum absolute atomic E-state index is 0.157. The number of nitrogens with zero attached hydrogens (tertiary/aromatic N) is 4. The molecule has 0 aliphatic rings. The first-order valence-corrected chi connectivity index (χ1v) is 8.42. The Morgan fingerprint density at radius 1 is 1.19 bits per heavy atom. The molecule has 1 amide bonds. The van der Waals surface area contributed by atoms with Crippen LogP contribution in [0.1, 0.15) is 36.1 Å². The Bertz CT molecular complexity index is 918. The number of rotatable bonds is 5. The van der Waals surface area contributed by atoms with E-state index in [1.165, 1.54) is 0 Å². The van der Waals surface area contributed by atoms with E-state index in [4.69, 9.17) is 5.73 Å². The van der Waals surface area contributed by atoms with Gasteiger partial charge in [-0.15, -0.1) is 0 Å². The van der Waals surface area contributed by atoms with Crippen molar-refractivity contribution >= 4 is 11.9 Å². The van der Waals surface area contributed by atoms with E-state index in [0.29, 0.717) is 11.3 Å². The molecule has 0 unspecified atom stereocenters. The normalized spacial score (nSPS) is 12.2. The summed E-state index contributed by atoms with van der Waals surface area (Å²) < 4.78 is 1.92. The van der Waals surface area contributed by atoms with Crippen molar-refractivity contribution in [3.8, 4) is 11.3 Å². The van der Waals surface area contributed by atoms with E-state index in [-0.39, 0.29) is 23.8 Å². The Labute approximate surface area is 152 Å². The largest absolute Gasteiger partial charge is 0.368 e. The third kappa shape index (κ3) is 3.72. The number of carbonyl (C=O) groups excluding carboxylic acids is 1. The van der Waals surface area contributed by atoms with Crippen LogP contribution in [-0.2, 0) is 7.05 Å². The van der Waals surface area contributed by atoms with Gasteiger partial charge < -0.3 is 15.6 Å². The fourth-order valence-corrected chi connectivity index (χ4v) is 2.79. The summed E-state index contributed by atoms with van der Waals surface area (Å²) in [5.41, 5.74) is 7.69. The molecule has 0 radical (unpaired) electrons. The Morgan fingerprint density at radius 2 is 2.00 bits per heavy atom. The van der Waals surface area contributed by atoms with Crippen molar-refractivity contribution in [3.05, 3.63) is 60.3 Å². The maximum absolute atomic E-state index is 12.8. The van der Waals surface area contributed by atoms with E-state index < -0.39 is 0 Å². The fourth-order valence-electron chi connectivity index (χ4n) is 2.79. The molecule has 1 atom stereocenters. The summed E-state index contributed by atoms with van der Waals surface area (Å²) in [7, 11) is 1.92. The molecule has 7 heteroatoms. The molecule has 3 N–H and O–H groups in total. The number of nitrogens with two attached hydrogens (primary N) is 1. The van der Waals surface area contributed by atoms with Crippen molar-refractivity contribution in [1.82, 2.24) is 24.8 Å². The van der Waals surface area contributed by atoms with Crippen LogP contribution in [0.3, 0.4) is 0 Å². The van der Waals surface area contributed by atoms with Gasteiger partial charge in [0, 0.05) is 36.8 Å². The van der Waals surface area contributed by atoms with Gasteiger partial charge in [0.25, 0.3) is 5.91 Å². The van der Waals surface area contributed by atoms with Gasteiger partial charge in [0.05, 0.1) is 11.7 Å². The van der Waals surface area contributed by atoms with E-state index in [0.717, 1.165) is 11.4 Å². The smallest absolute Gasteiger partial charge is 0.251 e. The topological polar surface area (TPSA) is 98.7 Å². The summed E-state index contributed by atoms with van der Waals surface area (Å²) in [5, 5.41) is 3.09. The van der Waals surface area contributed by atoms with Gasteiger partial charge in [-0.05, 0) is 24.1 Å². The maximum Gasteiger partial charge on any atom is 0.251 e. The van der Waals surface area contributed by atoms with Gasteiger partial charge in [0.1, 0.15) is 5.82 Å². The van der Waals surface area contributed by atoms with Crippen LogP contribution in [0.5, 0.6) is 0 Å². The van der Waals surface area contributed by atoms with Gasteiger partial charge in [-0.1, -0.05) is 26.0 Å². The third-order valence-electron chi connectivity index (χ3n) is 4.18. The van der Waals surface area contributed by atoms with E-state index >= 15 is 0 Å². The number of carbonyl (C=O) groups is 1. The van der Waals surface area contributed by atoms with E-state index in [1.807, 2.05) is 29.9 Å². The molecule has 7 nitrogen and oxygen atoms in total. The first-order valence-electron chi connectivity index (χ1n) is 8.42. The molecule has 0 aliphatic heterocycles. The average Bonchev–Trinajstić information content (AvgIpc) is 3.05. The molecule has 2 aromatic heterocycles. The van der Waals surface area contributed by atoms with Crippen LogP contribution >= 0.6 is 0 Å². The molecule has 0 spiro atoms. The minimum atomic E-state index is -0.180. The predicted molar refractivity (Wildman–Crippen MR) is 100 cm³/mol. The standard InChI is InChI=1S/C19H22N6O/c1-12(2)16(17-21-9-10-25(17)3)24-18(26)14-6-4-5-13(11-14)15-7-8-22-19(20)23-15/h4-12,16H,1-3H3,(H,24,26)(H2,20,22,23)/t16-/m1/s1. The maximum atomic E-state index is 12.8. The van der Waals surface area contributed by atoms with Crippen molar-refractivity contribution in [1.29, 1.82) is 0 Å². The molecule has 3 rings (SSSR count). The Kier molecular flexibility index (Phi) is 4.97. The highest BCUT2D eigenvalue weighted by molar-refractivity contribution is 5.95. The van der Waals surface area contributed by atoms with Crippen LogP contribution in [0.2, 0.25) is 0 Å². The lowest BCUT2D eigenvalue weighted by atomic mass is 10.0. The molecule has 2 heterocycles. The molecule has 134 valence electrons. The van der Waals surface area contributed by atoms with Crippen molar-refractivity contribution in [3.63, 3.8) is 0 Å². The van der Waals surface area contributed by atoms with Gasteiger partial charge in [0.15, 0.2) is 0 Å². The number of anilines is 1. The quantitative estimate of drug-likeness (QED) is 0.737. The van der Waals surface area contributed by atoms with E-state index in [9.17, 15) is 4.79 Å². The van der Waals surface area contributed by atoms with Crippen molar-refractivity contribution < 1.29 is 4.79 Å². The first-order chi connectivity index (χ1) is 12.5. The number of nitrogen functional groups attached to an aromatic ring is 1. The lowest BCUT2D eigenvalue weighted by Gasteiger charge is -2.22. The highest BCUT2D eigenvalue weighted by Crippen LogP contribution is 2.22. The second-order valence-electron chi connectivity index (χ2n) is 6.47. The minimum Gasteiger partial charge on any atom is -0.368 e. The zero-order valence-electron chi connectivity index (χ0n) is 15.0. The fraction of sp³-hybridized carbons (Fsp3) is 0.263. The summed E-state index contributed by atoms with van der Waals surface area (Å²) in [4.78, 5) is 25.3. The molecule has 0 saturated heterocycles. The Hall–Kier alpha value is -3.22. The number of nitrogens with one attached hydrogen (secondary N) is 1. The average molecular weight is 350 g/mol. The van der Waals surface area contributed by atoms with Crippen molar-refractivity contribution in [2.24, 2.45) is 13.0 Å². The molecular formula is C19H22N6O. The van der Waals surface area contributed by atoms with Crippen LogP contribution in [-0.4, -0.2) is 25.4 Å². The molecule has 0 saturated carbocycles. The lowest BCUT2D eigenvalue weighted by molar-refractivity contribution is 0.0922. The summed E-state index contributed by atoms with van der Waals surface area (Å²) in [5.74, 6) is 1.07. The molecule has 26 heavy (non-hydrogen) atoms. The molecule has 0 fully saturated rings.